The molecule has 3 rings (SSSR count). The molecule has 0 aliphatic carbocycles. The van der Waals surface area contributed by atoms with Gasteiger partial charge in [-0.25, -0.2) is 0 Å². The van der Waals surface area contributed by atoms with Crippen LogP contribution in [-0.4, -0.2) is 43.1 Å². The van der Waals surface area contributed by atoms with Gasteiger partial charge < -0.3 is 15.0 Å². The average Bonchev–Trinajstić information content (AvgIpc) is 2.55. The highest BCUT2D eigenvalue weighted by Crippen LogP contribution is 2.24. The molecule has 0 saturated carbocycles. The SMILES string of the molecule is CC1CCNC(C(=O)N2CCOC(c3ccccc3)C2)C1. The summed E-state index contributed by atoms with van der Waals surface area (Å²) in [5, 5.41) is 3.37. The molecule has 0 radical (unpaired) electrons. The van der Waals surface area contributed by atoms with Crippen LogP contribution in [0.15, 0.2) is 30.3 Å². The molecule has 1 aromatic rings. The molecule has 1 amide bonds. The number of amides is 1. The fourth-order valence-electron chi connectivity index (χ4n) is 3.23. The van der Waals surface area contributed by atoms with Crippen LogP contribution in [0.3, 0.4) is 0 Å². The lowest BCUT2D eigenvalue weighted by Crippen LogP contribution is -2.53. The van der Waals surface area contributed by atoms with E-state index in [1.165, 1.54) is 6.42 Å². The zero-order chi connectivity index (χ0) is 14.7. The van der Waals surface area contributed by atoms with E-state index in [2.05, 4.69) is 24.4 Å². The predicted octanol–water partition coefficient (Wildman–Crippen LogP) is 1.97. The monoisotopic (exact) mass is 288 g/mol. The largest absolute Gasteiger partial charge is 0.370 e. The summed E-state index contributed by atoms with van der Waals surface area (Å²) in [5.74, 6) is 0.872. The molecule has 0 bridgehead atoms. The molecular formula is C17H24N2O2. The number of morpholine rings is 1. The number of nitrogens with zero attached hydrogens (tertiary/aromatic N) is 1. The van der Waals surface area contributed by atoms with Crippen molar-refractivity contribution in [1.82, 2.24) is 10.2 Å². The zero-order valence-corrected chi connectivity index (χ0v) is 12.6. The summed E-state index contributed by atoms with van der Waals surface area (Å²) in [6, 6.07) is 10.2. The van der Waals surface area contributed by atoms with E-state index in [1.807, 2.05) is 23.1 Å². The van der Waals surface area contributed by atoms with E-state index in [1.54, 1.807) is 0 Å². The molecule has 0 aromatic heterocycles. The first-order valence-electron chi connectivity index (χ1n) is 7.93. The summed E-state index contributed by atoms with van der Waals surface area (Å²) < 4.78 is 5.84. The molecule has 3 atom stereocenters. The molecule has 2 aliphatic heterocycles. The van der Waals surface area contributed by atoms with Gasteiger partial charge >= 0.3 is 0 Å². The van der Waals surface area contributed by atoms with Gasteiger partial charge in [0.25, 0.3) is 0 Å². The van der Waals surface area contributed by atoms with E-state index < -0.39 is 0 Å². The summed E-state index contributed by atoms with van der Waals surface area (Å²) in [6.45, 7) is 5.16. The number of benzene rings is 1. The lowest BCUT2D eigenvalue weighted by molar-refractivity contribution is -0.142. The molecule has 1 aromatic carbocycles. The van der Waals surface area contributed by atoms with Gasteiger partial charge in [0, 0.05) is 6.54 Å². The first-order chi connectivity index (χ1) is 10.2. The van der Waals surface area contributed by atoms with Crippen LogP contribution in [-0.2, 0) is 9.53 Å². The topological polar surface area (TPSA) is 41.6 Å². The fourth-order valence-corrected chi connectivity index (χ4v) is 3.23. The number of rotatable bonds is 2. The summed E-state index contributed by atoms with van der Waals surface area (Å²) in [7, 11) is 0. The molecule has 4 heteroatoms. The van der Waals surface area contributed by atoms with Gasteiger partial charge in [-0.2, -0.15) is 0 Å². The Balaban J connectivity index is 1.64. The number of nitrogens with one attached hydrogen (secondary N) is 1. The Bertz CT molecular complexity index is 477. The highest BCUT2D eigenvalue weighted by atomic mass is 16.5. The molecule has 1 N–H and O–H groups in total. The van der Waals surface area contributed by atoms with Gasteiger partial charge in [0.1, 0.15) is 6.10 Å². The third kappa shape index (κ3) is 3.44. The van der Waals surface area contributed by atoms with Crippen molar-refractivity contribution in [2.24, 2.45) is 5.92 Å². The second-order valence-corrected chi connectivity index (χ2v) is 6.19. The number of ether oxygens (including phenoxy) is 1. The van der Waals surface area contributed by atoms with Crippen LogP contribution in [0.25, 0.3) is 0 Å². The first kappa shape index (κ1) is 14.5. The van der Waals surface area contributed by atoms with Crippen molar-refractivity contribution in [3.8, 4) is 0 Å². The van der Waals surface area contributed by atoms with Crippen LogP contribution in [0.4, 0.5) is 0 Å². The number of carbonyl (C=O) groups is 1. The minimum atomic E-state index is -0.0109. The molecule has 2 aliphatic rings. The van der Waals surface area contributed by atoms with Gasteiger partial charge in [-0.1, -0.05) is 37.3 Å². The highest BCUT2D eigenvalue weighted by molar-refractivity contribution is 5.82. The number of hydrogen-bond donors (Lipinski definition) is 1. The van der Waals surface area contributed by atoms with Crippen molar-refractivity contribution in [3.63, 3.8) is 0 Å². The maximum absolute atomic E-state index is 12.7. The predicted molar refractivity (Wildman–Crippen MR) is 81.9 cm³/mol. The van der Waals surface area contributed by atoms with E-state index in [0.29, 0.717) is 25.6 Å². The Morgan fingerprint density at radius 3 is 2.90 bits per heavy atom. The van der Waals surface area contributed by atoms with Gasteiger partial charge in [-0.3, -0.25) is 4.79 Å². The van der Waals surface area contributed by atoms with E-state index in [9.17, 15) is 4.79 Å². The summed E-state index contributed by atoms with van der Waals surface area (Å²) in [5.41, 5.74) is 1.15. The maximum Gasteiger partial charge on any atom is 0.239 e. The standard InChI is InChI=1S/C17H24N2O2/c1-13-7-8-18-15(11-13)17(20)19-9-10-21-16(12-19)14-5-3-2-4-6-14/h2-6,13,15-16,18H,7-12H2,1H3. The second-order valence-electron chi connectivity index (χ2n) is 6.19. The van der Waals surface area contributed by atoms with Crippen molar-refractivity contribution in [3.05, 3.63) is 35.9 Å². The number of hydrogen-bond acceptors (Lipinski definition) is 3. The van der Waals surface area contributed by atoms with Crippen LogP contribution >= 0.6 is 0 Å². The molecule has 21 heavy (non-hydrogen) atoms. The Kier molecular flexibility index (Phi) is 4.56. The maximum atomic E-state index is 12.7. The number of carbonyl (C=O) groups excluding carboxylic acids is 1. The van der Waals surface area contributed by atoms with E-state index >= 15 is 0 Å². The van der Waals surface area contributed by atoms with Crippen LogP contribution in [0.5, 0.6) is 0 Å². The molecule has 2 fully saturated rings. The zero-order valence-electron chi connectivity index (χ0n) is 12.6. The number of piperidine rings is 1. The fraction of sp³-hybridized carbons (Fsp3) is 0.588. The molecule has 0 spiro atoms. The first-order valence-corrected chi connectivity index (χ1v) is 7.93. The molecule has 2 heterocycles. The van der Waals surface area contributed by atoms with Crippen LogP contribution < -0.4 is 5.32 Å². The van der Waals surface area contributed by atoms with Gasteiger partial charge in [-0.15, -0.1) is 0 Å². The van der Waals surface area contributed by atoms with Crippen molar-refractivity contribution in [2.75, 3.05) is 26.2 Å². The Morgan fingerprint density at radius 1 is 1.33 bits per heavy atom. The van der Waals surface area contributed by atoms with Crippen molar-refractivity contribution in [2.45, 2.75) is 31.9 Å². The van der Waals surface area contributed by atoms with E-state index in [4.69, 9.17) is 4.74 Å². The van der Waals surface area contributed by atoms with Gasteiger partial charge in [0.05, 0.1) is 19.2 Å². The van der Waals surface area contributed by atoms with Crippen LogP contribution in [0.2, 0.25) is 0 Å². The normalized spacial score (nSPS) is 30.1. The highest BCUT2D eigenvalue weighted by Gasteiger charge is 2.32. The lowest BCUT2D eigenvalue weighted by atomic mass is 9.93. The molecule has 4 nitrogen and oxygen atoms in total. The molecule has 114 valence electrons. The van der Waals surface area contributed by atoms with Crippen LogP contribution in [0, 0.1) is 5.92 Å². The quantitative estimate of drug-likeness (QED) is 0.904. The Hall–Kier alpha value is -1.39. The van der Waals surface area contributed by atoms with Gasteiger partial charge in [0.2, 0.25) is 5.91 Å². The second kappa shape index (κ2) is 6.58. The minimum absolute atomic E-state index is 0.00455. The molecular weight excluding hydrogens is 264 g/mol. The third-order valence-electron chi connectivity index (χ3n) is 4.51. The third-order valence-corrected chi connectivity index (χ3v) is 4.51. The minimum Gasteiger partial charge on any atom is -0.370 e. The Morgan fingerprint density at radius 2 is 2.14 bits per heavy atom. The molecule has 3 unspecified atom stereocenters. The van der Waals surface area contributed by atoms with E-state index in [0.717, 1.165) is 18.5 Å². The van der Waals surface area contributed by atoms with Crippen molar-refractivity contribution < 1.29 is 9.53 Å². The average molecular weight is 288 g/mol. The van der Waals surface area contributed by atoms with E-state index in [-0.39, 0.29) is 18.1 Å². The Labute approximate surface area is 126 Å². The smallest absolute Gasteiger partial charge is 0.239 e. The summed E-state index contributed by atoms with van der Waals surface area (Å²) in [6.07, 6.45) is 2.12. The van der Waals surface area contributed by atoms with Gasteiger partial charge in [0.15, 0.2) is 0 Å². The summed E-state index contributed by atoms with van der Waals surface area (Å²) in [4.78, 5) is 14.7. The van der Waals surface area contributed by atoms with Crippen LogP contribution in [0.1, 0.15) is 31.4 Å². The van der Waals surface area contributed by atoms with Crippen molar-refractivity contribution >= 4 is 5.91 Å². The molecule has 2 saturated heterocycles. The van der Waals surface area contributed by atoms with Gasteiger partial charge in [-0.05, 0) is 30.9 Å². The van der Waals surface area contributed by atoms with Crippen molar-refractivity contribution in [1.29, 1.82) is 0 Å². The lowest BCUT2D eigenvalue weighted by Gasteiger charge is -2.37. The summed E-state index contributed by atoms with van der Waals surface area (Å²) >= 11 is 0.